The van der Waals surface area contributed by atoms with E-state index in [4.69, 9.17) is 5.73 Å². The summed E-state index contributed by atoms with van der Waals surface area (Å²) in [6.45, 7) is 10.4. The van der Waals surface area contributed by atoms with Crippen LogP contribution in [0.15, 0.2) is 42.1 Å². The van der Waals surface area contributed by atoms with Gasteiger partial charge in [-0.1, -0.05) is 25.1 Å². The lowest BCUT2D eigenvalue weighted by atomic mass is 9.76. The van der Waals surface area contributed by atoms with Crippen molar-refractivity contribution >= 4 is 29.1 Å². The van der Waals surface area contributed by atoms with Gasteiger partial charge in [0.05, 0.1) is 29.7 Å². The SMILES string of the molecule is C[C@@H](O)[C@H]1C(=O)N2C(C(=O)[O-])=C(c3ccc4c(c3)-c3ccc(C[N+]56CC[N+](CC(N)=O)(CC5)CC6)cc3C4=O)[C@H](C)[C@H]12. The van der Waals surface area contributed by atoms with Gasteiger partial charge in [0.2, 0.25) is 5.91 Å². The zero-order chi connectivity index (χ0) is 29.7. The number of aliphatic hydroxyl groups is 1. The standard InChI is InChI=1S/C32H34N4O6/c1-17-26(29(32(41)42)34-28(17)27(18(2)37)31(34)40)20-4-6-22-23(14-20)21-5-3-19(13-24(21)30(22)39)15-35-7-10-36(11-8-35,12-9-35)16-25(33)38/h3-6,13-14,17-18,27-28,37H,7-12,15-16H2,1-2H3,(H-2,33,38,41,42)/p+1/t17-,18+,27+,28+,35?,36?/m0/s1. The first-order valence-electron chi connectivity index (χ1n) is 14.7. The Morgan fingerprint density at radius 3 is 2.24 bits per heavy atom. The summed E-state index contributed by atoms with van der Waals surface area (Å²) in [6.07, 6.45) is -0.889. The highest BCUT2D eigenvalue weighted by molar-refractivity contribution is 6.22. The molecular weight excluding hydrogens is 536 g/mol. The van der Waals surface area contributed by atoms with Gasteiger partial charge in [0.25, 0.3) is 5.91 Å². The zero-order valence-electron chi connectivity index (χ0n) is 23.8. The third-order valence-electron chi connectivity index (χ3n) is 10.7. The van der Waals surface area contributed by atoms with E-state index < -0.39 is 29.9 Å². The van der Waals surface area contributed by atoms with Crippen molar-refractivity contribution in [3.8, 4) is 11.1 Å². The zero-order valence-corrected chi connectivity index (χ0v) is 23.8. The van der Waals surface area contributed by atoms with E-state index in [1.165, 1.54) is 4.90 Å². The van der Waals surface area contributed by atoms with Crippen LogP contribution in [0.5, 0.6) is 0 Å². The number of piperazine rings is 3. The minimum atomic E-state index is -1.42. The third kappa shape index (κ3) is 3.75. The number of amides is 2. The number of ketones is 1. The van der Waals surface area contributed by atoms with Gasteiger partial charge in [-0.15, -0.1) is 0 Å². The fourth-order valence-corrected chi connectivity index (χ4v) is 8.47. The number of rotatable bonds is 7. The Balaban J connectivity index is 1.18. The van der Waals surface area contributed by atoms with Crippen LogP contribution in [0.1, 0.15) is 40.9 Å². The van der Waals surface area contributed by atoms with E-state index in [1.807, 2.05) is 25.1 Å². The predicted molar refractivity (Wildman–Crippen MR) is 150 cm³/mol. The van der Waals surface area contributed by atoms with Gasteiger partial charge in [-0.05, 0) is 47.4 Å². The lowest BCUT2D eigenvalue weighted by molar-refractivity contribution is -1.08. The molecule has 3 N–H and O–H groups in total. The molecule has 5 aliphatic heterocycles. The van der Waals surface area contributed by atoms with Gasteiger partial charge in [-0.2, -0.15) is 0 Å². The number of aliphatic hydroxyl groups excluding tert-OH is 1. The van der Waals surface area contributed by atoms with Gasteiger partial charge in [0.15, 0.2) is 12.3 Å². The number of carboxylic acids is 1. The van der Waals surface area contributed by atoms with Gasteiger partial charge in [0.1, 0.15) is 45.8 Å². The quantitative estimate of drug-likeness (QED) is 0.299. The number of nitrogens with two attached hydrogens (primary N) is 1. The first-order chi connectivity index (χ1) is 19.9. The Hall–Kier alpha value is -3.86. The molecule has 2 amide bonds. The van der Waals surface area contributed by atoms with Gasteiger partial charge in [-0.25, -0.2) is 0 Å². The fraction of sp³-hybridized carbons (Fsp3) is 0.438. The first-order valence-corrected chi connectivity index (χ1v) is 14.7. The average Bonchev–Trinajstić information content (AvgIpc) is 3.37. The van der Waals surface area contributed by atoms with E-state index in [9.17, 15) is 29.4 Å². The summed E-state index contributed by atoms with van der Waals surface area (Å²) < 4.78 is 1.74. The third-order valence-corrected chi connectivity index (χ3v) is 10.7. The number of benzene rings is 2. The van der Waals surface area contributed by atoms with E-state index in [0.717, 1.165) is 71.5 Å². The van der Waals surface area contributed by atoms with Gasteiger partial charge in [0, 0.05) is 22.6 Å². The van der Waals surface area contributed by atoms with Crippen molar-refractivity contribution in [2.45, 2.75) is 32.5 Å². The van der Waals surface area contributed by atoms with Crippen LogP contribution in [0.2, 0.25) is 0 Å². The summed E-state index contributed by atoms with van der Waals surface area (Å²) in [6, 6.07) is 11.0. The van der Waals surface area contributed by atoms with Crippen molar-refractivity contribution in [2.24, 2.45) is 17.6 Å². The summed E-state index contributed by atoms with van der Waals surface area (Å²) in [5.41, 5.74) is 10.4. The van der Waals surface area contributed by atoms with E-state index in [0.29, 0.717) is 28.8 Å². The van der Waals surface area contributed by atoms with E-state index in [-0.39, 0.29) is 23.3 Å². The Labute approximate surface area is 243 Å². The number of hydrogen-bond donors (Lipinski definition) is 2. The second kappa shape index (κ2) is 9.07. The maximum atomic E-state index is 13.5. The first kappa shape index (κ1) is 27.0. The molecule has 6 aliphatic rings. The van der Waals surface area contributed by atoms with Gasteiger partial charge < -0.3 is 34.6 Å². The van der Waals surface area contributed by atoms with Crippen molar-refractivity contribution in [3.63, 3.8) is 0 Å². The van der Waals surface area contributed by atoms with Crippen molar-refractivity contribution in [1.82, 2.24) is 4.90 Å². The second-order valence-electron chi connectivity index (χ2n) is 13.1. The lowest BCUT2D eigenvalue weighted by Crippen LogP contribution is -2.75. The minimum Gasteiger partial charge on any atom is -0.543 e. The molecule has 0 spiro atoms. The molecule has 0 radical (unpaired) electrons. The van der Waals surface area contributed by atoms with Crippen LogP contribution in [-0.2, 0) is 20.9 Å². The molecule has 2 aromatic carbocycles. The molecule has 0 aromatic heterocycles. The molecule has 42 heavy (non-hydrogen) atoms. The van der Waals surface area contributed by atoms with Crippen LogP contribution >= 0.6 is 0 Å². The Kier molecular flexibility index (Phi) is 5.83. The van der Waals surface area contributed by atoms with Crippen LogP contribution in [0.3, 0.4) is 0 Å². The molecule has 0 unspecified atom stereocenters. The summed E-state index contributed by atoms with van der Waals surface area (Å²) in [7, 11) is 0. The Morgan fingerprint density at radius 1 is 0.976 bits per heavy atom. The number of carboxylic acid groups (broad SMARTS) is 1. The smallest absolute Gasteiger partial charge is 0.272 e. The molecular formula is C32H35N4O6+. The van der Waals surface area contributed by atoms with E-state index in [1.54, 1.807) is 19.1 Å². The Bertz CT molecular complexity index is 1600. The van der Waals surface area contributed by atoms with Gasteiger partial charge >= 0.3 is 0 Å². The molecule has 2 bridgehead atoms. The van der Waals surface area contributed by atoms with Crippen molar-refractivity contribution in [1.29, 1.82) is 0 Å². The fourth-order valence-electron chi connectivity index (χ4n) is 8.47. The lowest BCUT2D eigenvalue weighted by Gasteiger charge is -2.55. The highest BCUT2D eigenvalue weighted by Crippen LogP contribution is 2.51. The summed E-state index contributed by atoms with van der Waals surface area (Å²) in [4.78, 5) is 51.4. The second-order valence-corrected chi connectivity index (χ2v) is 13.1. The molecule has 0 saturated carbocycles. The molecule has 4 atom stereocenters. The summed E-state index contributed by atoms with van der Waals surface area (Å²) in [5, 5.41) is 22.4. The summed E-state index contributed by atoms with van der Waals surface area (Å²) >= 11 is 0. The number of hydrogen-bond acceptors (Lipinski definition) is 6. The molecule has 10 heteroatoms. The van der Waals surface area contributed by atoms with E-state index >= 15 is 0 Å². The predicted octanol–water partition coefficient (Wildman–Crippen LogP) is -0.137. The van der Waals surface area contributed by atoms with Gasteiger partial charge in [-0.3, -0.25) is 14.4 Å². The number of carbonyl (C=O) groups is 4. The van der Waals surface area contributed by atoms with Crippen LogP contribution < -0.4 is 10.8 Å². The topological polar surface area (TPSA) is 141 Å². The maximum Gasteiger partial charge on any atom is 0.272 e. The molecule has 10 nitrogen and oxygen atoms in total. The normalized spacial score (nSPS) is 31.5. The number of aliphatic carboxylic acids is 1. The number of nitrogens with zero attached hydrogens (tertiary/aromatic N) is 3. The molecule has 1 aliphatic carbocycles. The maximum absolute atomic E-state index is 13.5. The molecule has 8 rings (SSSR count). The van der Waals surface area contributed by atoms with Crippen LogP contribution in [-0.4, -0.2) is 100 Å². The largest absolute Gasteiger partial charge is 0.543 e. The highest BCUT2D eigenvalue weighted by Gasteiger charge is 2.58. The summed E-state index contributed by atoms with van der Waals surface area (Å²) in [5.74, 6) is -3.11. The number of quaternary nitrogens is 2. The van der Waals surface area contributed by atoms with Crippen molar-refractivity contribution in [3.05, 3.63) is 64.3 Å². The molecule has 4 fully saturated rings. The van der Waals surface area contributed by atoms with E-state index in [2.05, 4.69) is 6.07 Å². The average molecular weight is 572 g/mol. The van der Waals surface area contributed by atoms with Crippen LogP contribution in [0.4, 0.5) is 0 Å². The molecule has 5 heterocycles. The number of primary amides is 1. The van der Waals surface area contributed by atoms with Crippen molar-refractivity contribution < 1.29 is 38.4 Å². The minimum absolute atomic E-state index is 0.0513. The van der Waals surface area contributed by atoms with Crippen molar-refractivity contribution in [2.75, 3.05) is 45.8 Å². The van der Waals surface area contributed by atoms with Crippen LogP contribution in [0.25, 0.3) is 16.7 Å². The van der Waals surface area contributed by atoms with Crippen LogP contribution in [0, 0.1) is 11.8 Å². The molecule has 2 aromatic rings. The molecule has 218 valence electrons. The highest BCUT2D eigenvalue weighted by atomic mass is 16.4. The Morgan fingerprint density at radius 2 is 1.62 bits per heavy atom. The number of carbonyl (C=O) groups excluding carboxylic acids is 4. The molecule has 4 saturated heterocycles. The number of fused-ring (bicyclic) bond motifs is 7. The monoisotopic (exact) mass is 571 g/mol. The number of β-lactam (4-membered cyclic amide) rings is 1.